The van der Waals surface area contributed by atoms with E-state index < -0.39 is 6.04 Å². The molecule has 0 aliphatic carbocycles. The summed E-state index contributed by atoms with van der Waals surface area (Å²) >= 11 is 0. The first-order valence-electron chi connectivity index (χ1n) is 9.70. The number of benzene rings is 2. The summed E-state index contributed by atoms with van der Waals surface area (Å²) in [5.41, 5.74) is 2.06. The van der Waals surface area contributed by atoms with Crippen LogP contribution in [0.3, 0.4) is 0 Å². The van der Waals surface area contributed by atoms with Crippen LogP contribution < -0.4 is 10.2 Å². The molecule has 4 rings (SSSR count). The van der Waals surface area contributed by atoms with Crippen molar-refractivity contribution in [2.45, 2.75) is 19.4 Å². The maximum absolute atomic E-state index is 13.5. The van der Waals surface area contributed by atoms with Crippen molar-refractivity contribution in [1.82, 2.24) is 4.90 Å². The molecule has 0 unspecified atom stereocenters. The molecule has 1 N–H and O–H groups in total. The Morgan fingerprint density at radius 3 is 2.67 bits per heavy atom. The van der Waals surface area contributed by atoms with Crippen molar-refractivity contribution in [3.8, 4) is 11.5 Å². The maximum Gasteiger partial charge on any atom is 0.290 e. The first-order chi connectivity index (χ1) is 14.5. The van der Waals surface area contributed by atoms with Gasteiger partial charge in [-0.2, -0.15) is 0 Å². The van der Waals surface area contributed by atoms with Gasteiger partial charge in [0.15, 0.2) is 16.9 Å². The molecule has 1 amide bonds. The SMILES string of the molecule is COCCCN1C(=O)c2oc3ccc(C)cc3c(=O)c2[C@@H]1c1ccc(O)c(OC)c1. The first-order valence-corrected chi connectivity index (χ1v) is 9.70. The predicted molar refractivity (Wildman–Crippen MR) is 111 cm³/mol. The predicted octanol–water partition coefficient (Wildman–Crippen LogP) is 3.40. The topological polar surface area (TPSA) is 89.2 Å². The van der Waals surface area contributed by atoms with Gasteiger partial charge in [0.1, 0.15) is 5.58 Å². The van der Waals surface area contributed by atoms with Crippen molar-refractivity contribution in [3.63, 3.8) is 0 Å². The minimum atomic E-state index is -0.639. The molecule has 0 saturated carbocycles. The fraction of sp³-hybridized carbons (Fsp3) is 0.304. The molecule has 0 fully saturated rings. The third-order valence-corrected chi connectivity index (χ3v) is 5.39. The van der Waals surface area contributed by atoms with Crippen molar-refractivity contribution in [2.75, 3.05) is 27.4 Å². The Hall–Kier alpha value is -3.32. The summed E-state index contributed by atoms with van der Waals surface area (Å²) in [6.45, 7) is 2.77. The van der Waals surface area contributed by atoms with Crippen LogP contribution >= 0.6 is 0 Å². The number of methoxy groups -OCH3 is 2. The number of fused-ring (bicyclic) bond motifs is 2. The van der Waals surface area contributed by atoms with Crippen LogP contribution in [0.5, 0.6) is 11.5 Å². The lowest BCUT2D eigenvalue weighted by molar-refractivity contribution is 0.0707. The zero-order valence-corrected chi connectivity index (χ0v) is 17.1. The molecule has 30 heavy (non-hydrogen) atoms. The van der Waals surface area contributed by atoms with Crippen molar-refractivity contribution in [1.29, 1.82) is 0 Å². The number of amides is 1. The second-order valence-electron chi connectivity index (χ2n) is 7.35. The lowest BCUT2D eigenvalue weighted by Gasteiger charge is -2.25. The largest absolute Gasteiger partial charge is 0.504 e. The van der Waals surface area contributed by atoms with Gasteiger partial charge in [-0.25, -0.2) is 0 Å². The van der Waals surface area contributed by atoms with Crippen molar-refractivity contribution in [2.24, 2.45) is 0 Å². The third kappa shape index (κ3) is 3.21. The van der Waals surface area contributed by atoms with Crippen LogP contribution in [0.4, 0.5) is 0 Å². The fourth-order valence-corrected chi connectivity index (χ4v) is 3.95. The van der Waals surface area contributed by atoms with E-state index in [1.807, 2.05) is 13.0 Å². The number of hydrogen-bond donors (Lipinski definition) is 1. The summed E-state index contributed by atoms with van der Waals surface area (Å²) in [6, 6.07) is 9.52. The average Bonchev–Trinajstić information content (AvgIpc) is 3.01. The zero-order chi connectivity index (χ0) is 21.4. The van der Waals surface area contributed by atoms with E-state index in [-0.39, 0.29) is 28.6 Å². The summed E-state index contributed by atoms with van der Waals surface area (Å²) < 4.78 is 16.3. The number of carbonyl (C=O) groups is 1. The van der Waals surface area contributed by atoms with Gasteiger partial charge in [-0.05, 0) is 43.2 Å². The number of ether oxygens (including phenoxy) is 2. The number of phenolic OH excluding ortho intramolecular Hbond substituents is 1. The molecule has 0 bridgehead atoms. The van der Waals surface area contributed by atoms with Crippen LogP contribution in [0.15, 0.2) is 45.6 Å². The van der Waals surface area contributed by atoms with E-state index in [4.69, 9.17) is 13.9 Å². The molecule has 2 aromatic carbocycles. The van der Waals surface area contributed by atoms with Crippen LogP contribution in [0.1, 0.15) is 39.7 Å². The second-order valence-corrected chi connectivity index (χ2v) is 7.35. The Kier molecular flexibility index (Phi) is 5.22. The molecule has 0 radical (unpaired) electrons. The van der Waals surface area contributed by atoms with Crippen LogP contribution in [-0.2, 0) is 4.74 Å². The van der Waals surface area contributed by atoms with E-state index >= 15 is 0 Å². The van der Waals surface area contributed by atoms with Gasteiger partial charge in [-0.15, -0.1) is 0 Å². The quantitative estimate of drug-likeness (QED) is 0.628. The number of nitrogens with zero attached hydrogens (tertiary/aromatic N) is 1. The normalized spacial score (nSPS) is 15.6. The molecule has 7 nitrogen and oxygen atoms in total. The van der Waals surface area contributed by atoms with Crippen LogP contribution in [0.2, 0.25) is 0 Å². The third-order valence-electron chi connectivity index (χ3n) is 5.39. The standard InChI is InChI=1S/C23H23NO6/c1-13-5-8-17-15(11-13)21(26)19-20(14-6-7-16(25)18(12-14)29-3)24(9-4-10-28-2)23(27)22(19)30-17/h5-8,11-12,20,25H,4,9-10H2,1-3H3/t20-/m0/s1. The Morgan fingerprint density at radius 1 is 1.13 bits per heavy atom. The van der Waals surface area contributed by atoms with E-state index in [1.165, 1.54) is 13.2 Å². The van der Waals surface area contributed by atoms with Gasteiger partial charge < -0.3 is 23.9 Å². The van der Waals surface area contributed by atoms with Crippen LogP contribution in [-0.4, -0.2) is 43.3 Å². The fourth-order valence-electron chi connectivity index (χ4n) is 3.95. The highest BCUT2D eigenvalue weighted by Crippen LogP contribution is 2.40. The highest BCUT2D eigenvalue weighted by molar-refractivity contribution is 5.99. The molecule has 3 aromatic rings. The molecule has 156 valence electrons. The average molecular weight is 409 g/mol. The highest BCUT2D eigenvalue weighted by Gasteiger charge is 2.42. The van der Waals surface area contributed by atoms with Gasteiger partial charge in [0.05, 0.1) is 24.1 Å². The molecular weight excluding hydrogens is 386 g/mol. The van der Waals surface area contributed by atoms with E-state index in [2.05, 4.69) is 0 Å². The molecule has 1 aliphatic rings. The Morgan fingerprint density at radius 2 is 1.93 bits per heavy atom. The summed E-state index contributed by atoms with van der Waals surface area (Å²) in [4.78, 5) is 28.3. The molecule has 7 heteroatoms. The lowest BCUT2D eigenvalue weighted by Crippen LogP contribution is -2.31. The van der Waals surface area contributed by atoms with E-state index in [9.17, 15) is 14.7 Å². The van der Waals surface area contributed by atoms with Gasteiger partial charge in [0.2, 0.25) is 5.76 Å². The van der Waals surface area contributed by atoms with Gasteiger partial charge in [0.25, 0.3) is 5.91 Å². The van der Waals surface area contributed by atoms with Gasteiger partial charge in [-0.1, -0.05) is 17.7 Å². The van der Waals surface area contributed by atoms with Crippen LogP contribution in [0, 0.1) is 6.92 Å². The van der Waals surface area contributed by atoms with Gasteiger partial charge in [0, 0.05) is 20.3 Å². The number of carbonyl (C=O) groups excluding carboxylic acids is 1. The first kappa shape index (κ1) is 20.0. The zero-order valence-electron chi connectivity index (χ0n) is 17.1. The summed E-state index contributed by atoms with van der Waals surface area (Å²) in [6.07, 6.45) is 0.606. The molecule has 0 saturated heterocycles. The number of phenols is 1. The van der Waals surface area contributed by atoms with E-state index in [0.717, 1.165) is 5.56 Å². The number of hydrogen-bond acceptors (Lipinski definition) is 6. The number of aromatic hydroxyl groups is 1. The number of aryl methyl sites for hydroxylation is 1. The Balaban J connectivity index is 1.93. The van der Waals surface area contributed by atoms with Crippen molar-refractivity contribution < 1.29 is 23.8 Å². The molecule has 0 spiro atoms. The monoisotopic (exact) mass is 409 g/mol. The minimum Gasteiger partial charge on any atom is -0.504 e. The molecule has 1 atom stereocenters. The molecule has 1 aliphatic heterocycles. The Labute approximate surface area is 173 Å². The molecule has 2 heterocycles. The van der Waals surface area contributed by atoms with Crippen LogP contribution in [0.25, 0.3) is 11.0 Å². The van der Waals surface area contributed by atoms with E-state index in [1.54, 1.807) is 36.3 Å². The maximum atomic E-state index is 13.5. The summed E-state index contributed by atoms with van der Waals surface area (Å²) in [5, 5.41) is 10.4. The minimum absolute atomic E-state index is 0.0158. The summed E-state index contributed by atoms with van der Waals surface area (Å²) in [7, 11) is 3.05. The highest BCUT2D eigenvalue weighted by atomic mass is 16.5. The van der Waals surface area contributed by atoms with E-state index in [0.29, 0.717) is 41.7 Å². The Bertz CT molecular complexity index is 1180. The van der Waals surface area contributed by atoms with Gasteiger partial charge >= 0.3 is 0 Å². The van der Waals surface area contributed by atoms with Crippen molar-refractivity contribution in [3.05, 3.63) is 69.1 Å². The lowest BCUT2D eigenvalue weighted by atomic mass is 9.97. The van der Waals surface area contributed by atoms with Crippen molar-refractivity contribution >= 4 is 16.9 Å². The second kappa shape index (κ2) is 7.84. The molecule has 1 aromatic heterocycles. The van der Waals surface area contributed by atoms with Gasteiger partial charge in [-0.3, -0.25) is 9.59 Å². The molecular formula is C23H23NO6. The number of rotatable bonds is 6. The smallest absolute Gasteiger partial charge is 0.290 e. The summed E-state index contributed by atoms with van der Waals surface area (Å²) in [5.74, 6) is -0.0207.